The summed E-state index contributed by atoms with van der Waals surface area (Å²) in [6.07, 6.45) is -1.07. The number of benzene rings is 2. The first kappa shape index (κ1) is 20.4. The van der Waals surface area contributed by atoms with Crippen LogP contribution in [0.25, 0.3) is 0 Å². The highest BCUT2D eigenvalue weighted by molar-refractivity contribution is 6.46. The van der Waals surface area contributed by atoms with E-state index in [-0.39, 0.29) is 20.6 Å². The fraction of sp³-hybridized carbons (Fsp3) is 0.222. The monoisotopic (exact) mass is 415 g/mol. The summed E-state index contributed by atoms with van der Waals surface area (Å²) in [6.45, 7) is 3.87. The van der Waals surface area contributed by atoms with Gasteiger partial charge in [-0.25, -0.2) is 4.79 Å². The van der Waals surface area contributed by atoms with E-state index in [1.165, 1.54) is 19.1 Å². The predicted octanol–water partition coefficient (Wildman–Crippen LogP) is 5.23. The predicted molar refractivity (Wildman–Crippen MR) is 103 cm³/mol. The Kier molecular flexibility index (Phi) is 7.14. The average molecular weight is 417 g/mol. The molecule has 0 heterocycles. The van der Waals surface area contributed by atoms with Crippen LogP contribution in [0.3, 0.4) is 0 Å². The number of carbonyl (C=O) groups excluding carboxylic acids is 2. The molecule has 26 heavy (non-hydrogen) atoms. The molecule has 2 aromatic rings. The van der Waals surface area contributed by atoms with E-state index in [9.17, 15) is 9.59 Å². The number of ether oxygens (including phenoxy) is 2. The lowest BCUT2D eigenvalue weighted by Gasteiger charge is -2.15. The first-order valence-corrected chi connectivity index (χ1v) is 8.85. The van der Waals surface area contributed by atoms with Crippen LogP contribution in [0.15, 0.2) is 36.4 Å². The van der Waals surface area contributed by atoms with Gasteiger partial charge < -0.3 is 14.8 Å². The first-order valence-electron chi connectivity index (χ1n) is 7.71. The maximum atomic E-state index is 12.3. The Hall–Kier alpha value is -1.95. The third kappa shape index (κ3) is 5.04. The molecule has 0 aliphatic rings. The van der Waals surface area contributed by atoms with Crippen molar-refractivity contribution in [3.8, 4) is 5.75 Å². The molecule has 0 saturated heterocycles. The summed E-state index contributed by atoms with van der Waals surface area (Å²) in [6, 6.07) is 9.70. The van der Waals surface area contributed by atoms with Gasteiger partial charge in [0.15, 0.2) is 6.10 Å². The van der Waals surface area contributed by atoms with Crippen LogP contribution in [0.4, 0.5) is 5.69 Å². The second-order valence-electron chi connectivity index (χ2n) is 5.21. The molecule has 0 aliphatic carbocycles. The third-order valence-electron chi connectivity index (χ3n) is 3.33. The molecule has 0 spiro atoms. The maximum absolute atomic E-state index is 12.3. The van der Waals surface area contributed by atoms with Crippen molar-refractivity contribution >= 4 is 52.4 Å². The van der Waals surface area contributed by atoms with Gasteiger partial charge in [-0.15, -0.1) is 0 Å². The summed E-state index contributed by atoms with van der Waals surface area (Å²) in [5.74, 6) is -0.649. The molecule has 0 bridgehead atoms. The SMILES string of the molecule is CCOc1ccc(NC(=O)C(C)OC(=O)c2c(Cl)ccc(Cl)c2Cl)cc1. The maximum Gasteiger partial charge on any atom is 0.342 e. The quantitative estimate of drug-likeness (QED) is 0.517. The standard InChI is InChI=1S/C18H16Cl3NO4/c1-3-25-12-6-4-11(5-7-12)22-17(23)10(2)26-18(24)15-13(19)8-9-14(20)16(15)21/h4-10H,3H2,1-2H3,(H,22,23). The van der Waals surface area contributed by atoms with Crippen molar-refractivity contribution in [2.45, 2.75) is 20.0 Å². The number of halogens is 3. The molecule has 2 rings (SSSR count). The van der Waals surface area contributed by atoms with Crippen molar-refractivity contribution in [3.05, 3.63) is 57.0 Å². The van der Waals surface area contributed by atoms with Gasteiger partial charge in [0.2, 0.25) is 0 Å². The van der Waals surface area contributed by atoms with E-state index in [1.54, 1.807) is 24.3 Å². The zero-order chi connectivity index (χ0) is 19.3. The van der Waals surface area contributed by atoms with Crippen molar-refractivity contribution in [1.29, 1.82) is 0 Å². The van der Waals surface area contributed by atoms with Gasteiger partial charge in [0.1, 0.15) is 5.75 Å². The van der Waals surface area contributed by atoms with Crippen molar-refractivity contribution < 1.29 is 19.1 Å². The zero-order valence-electron chi connectivity index (χ0n) is 14.0. The fourth-order valence-electron chi connectivity index (χ4n) is 2.03. The summed E-state index contributed by atoms with van der Waals surface area (Å²) in [5, 5.41) is 2.87. The smallest absolute Gasteiger partial charge is 0.342 e. The molecule has 0 radical (unpaired) electrons. The van der Waals surface area contributed by atoms with Gasteiger partial charge in [-0.3, -0.25) is 4.79 Å². The van der Waals surface area contributed by atoms with Crippen LogP contribution in [0.1, 0.15) is 24.2 Å². The molecule has 0 saturated carbocycles. The highest BCUT2D eigenvalue weighted by Gasteiger charge is 2.24. The Morgan fingerprint density at radius 2 is 1.65 bits per heavy atom. The minimum atomic E-state index is -1.07. The molecule has 5 nitrogen and oxygen atoms in total. The van der Waals surface area contributed by atoms with Gasteiger partial charge >= 0.3 is 5.97 Å². The number of rotatable bonds is 6. The number of amides is 1. The fourth-order valence-corrected chi connectivity index (χ4v) is 2.71. The van der Waals surface area contributed by atoms with Crippen LogP contribution in [0.2, 0.25) is 15.1 Å². The van der Waals surface area contributed by atoms with E-state index < -0.39 is 18.0 Å². The minimum Gasteiger partial charge on any atom is -0.494 e. The normalized spacial score (nSPS) is 11.6. The lowest BCUT2D eigenvalue weighted by Crippen LogP contribution is -2.30. The summed E-state index contributed by atoms with van der Waals surface area (Å²) in [5.41, 5.74) is 0.460. The molecule has 2 aromatic carbocycles. The summed E-state index contributed by atoms with van der Waals surface area (Å²) < 4.78 is 10.5. The average Bonchev–Trinajstić information content (AvgIpc) is 2.60. The van der Waals surface area contributed by atoms with Gasteiger partial charge in [-0.1, -0.05) is 34.8 Å². The van der Waals surface area contributed by atoms with E-state index in [0.29, 0.717) is 18.0 Å². The summed E-state index contributed by atoms with van der Waals surface area (Å²) >= 11 is 17.9. The van der Waals surface area contributed by atoms with Crippen LogP contribution >= 0.6 is 34.8 Å². The van der Waals surface area contributed by atoms with Gasteiger partial charge in [0, 0.05) is 5.69 Å². The van der Waals surface area contributed by atoms with Gasteiger partial charge in [-0.05, 0) is 50.2 Å². The second kappa shape index (κ2) is 9.12. The number of hydrogen-bond donors (Lipinski definition) is 1. The summed E-state index contributed by atoms with van der Waals surface area (Å²) in [7, 11) is 0. The lowest BCUT2D eigenvalue weighted by atomic mass is 10.2. The molecular formula is C18H16Cl3NO4. The number of hydrogen-bond acceptors (Lipinski definition) is 4. The van der Waals surface area contributed by atoms with Crippen LogP contribution in [-0.4, -0.2) is 24.6 Å². The molecule has 1 unspecified atom stereocenters. The second-order valence-corrected chi connectivity index (χ2v) is 6.40. The Bertz CT molecular complexity index is 809. The molecule has 8 heteroatoms. The van der Waals surface area contributed by atoms with Crippen LogP contribution in [0, 0.1) is 0 Å². The molecule has 0 aromatic heterocycles. The van der Waals surface area contributed by atoms with Crippen LogP contribution < -0.4 is 10.1 Å². The van der Waals surface area contributed by atoms with E-state index in [1.807, 2.05) is 6.92 Å². The molecule has 1 N–H and O–H groups in total. The Morgan fingerprint density at radius 3 is 2.27 bits per heavy atom. The van der Waals surface area contributed by atoms with E-state index >= 15 is 0 Å². The minimum absolute atomic E-state index is 0.0247. The van der Waals surface area contributed by atoms with Crippen molar-refractivity contribution in [3.63, 3.8) is 0 Å². The lowest BCUT2D eigenvalue weighted by molar-refractivity contribution is -0.123. The Morgan fingerprint density at radius 1 is 1.04 bits per heavy atom. The van der Waals surface area contributed by atoms with Gasteiger partial charge in [0.25, 0.3) is 5.91 Å². The topological polar surface area (TPSA) is 64.6 Å². The van der Waals surface area contributed by atoms with Gasteiger partial charge in [-0.2, -0.15) is 0 Å². The summed E-state index contributed by atoms with van der Waals surface area (Å²) in [4.78, 5) is 24.5. The van der Waals surface area contributed by atoms with E-state index in [4.69, 9.17) is 44.3 Å². The molecule has 138 valence electrons. The van der Waals surface area contributed by atoms with Crippen LogP contribution in [-0.2, 0) is 9.53 Å². The highest BCUT2D eigenvalue weighted by atomic mass is 35.5. The molecule has 1 amide bonds. The number of anilines is 1. The molecule has 0 fully saturated rings. The van der Waals surface area contributed by atoms with E-state index in [0.717, 1.165) is 0 Å². The molecular weight excluding hydrogens is 401 g/mol. The van der Waals surface area contributed by atoms with Crippen LogP contribution in [0.5, 0.6) is 5.75 Å². The number of carbonyl (C=O) groups is 2. The largest absolute Gasteiger partial charge is 0.494 e. The first-order chi connectivity index (χ1) is 12.3. The third-order valence-corrected chi connectivity index (χ3v) is 4.45. The molecule has 1 atom stereocenters. The van der Waals surface area contributed by atoms with Crippen molar-refractivity contribution in [2.75, 3.05) is 11.9 Å². The Balaban J connectivity index is 2.02. The Labute approximate surface area is 166 Å². The number of esters is 1. The number of nitrogens with one attached hydrogen (secondary N) is 1. The van der Waals surface area contributed by atoms with Crippen molar-refractivity contribution in [1.82, 2.24) is 0 Å². The molecule has 0 aliphatic heterocycles. The highest BCUT2D eigenvalue weighted by Crippen LogP contribution is 2.32. The van der Waals surface area contributed by atoms with Crippen molar-refractivity contribution in [2.24, 2.45) is 0 Å². The van der Waals surface area contributed by atoms with Gasteiger partial charge in [0.05, 0.1) is 27.2 Å². The zero-order valence-corrected chi connectivity index (χ0v) is 16.3. The van der Waals surface area contributed by atoms with E-state index in [2.05, 4.69) is 5.32 Å².